The van der Waals surface area contributed by atoms with E-state index >= 15 is 0 Å². The Bertz CT molecular complexity index is 1040. The van der Waals surface area contributed by atoms with Gasteiger partial charge in [-0.3, -0.25) is 9.69 Å². The molecule has 7 nitrogen and oxygen atoms in total. The molecule has 0 aromatic carbocycles. The average molecular weight is 423 g/mol. The Hall–Kier alpha value is -2.67. The highest BCUT2D eigenvalue weighted by Crippen LogP contribution is 2.35. The zero-order chi connectivity index (χ0) is 21.3. The standard InChI is InChI=1S/C24H30N4O3/c1-17-21-18(15-19(20-9-8-14-30-20)26-23(21)31-27-17)22(29)25-16-24(10-4-2-5-11-24)28-12-6-3-7-13-28/h8-9,14-15H,2-7,10-13,16H2,1H3,(H,25,29). The highest BCUT2D eigenvalue weighted by Gasteiger charge is 2.38. The van der Waals surface area contributed by atoms with Crippen LogP contribution in [0, 0.1) is 6.92 Å². The van der Waals surface area contributed by atoms with Crippen LogP contribution >= 0.6 is 0 Å². The average Bonchev–Trinajstić information content (AvgIpc) is 3.49. The molecule has 0 atom stereocenters. The third-order valence-corrected chi connectivity index (χ3v) is 7.02. The molecular formula is C24H30N4O3. The molecule has 0 spiro atoms. The van der Waals surface area contributed by atoms with Crippen LogP contribution in [0.2, 0.25) is 0 Å². The number of nitrogens with zero attached hydrogens (tertiary/aromatic N) is 3. The maximum absolute atomic E-state index is 13.4. The molecule has 7 heteroatoms. The number of hydrogen-bond donors (Lipinski definition) is 1. The molecule has 4 heterocycles. The number of rotatable bonds is 5. The zero-order valence-electron chi connectivity index (χ0n) is 18.2. The number of aryl methyl sites for hydroxylation is 1. The molecule has 1 amide bonds. The molecule has 1 aliphatic heterocycles. The number of pyridine rings is 1. The summed E-state index contributed by atoms with van der Waals surface area (Å²) in [6.45, 7) is 4.80. The minimum atomic E-state index is -0.103. The number of carbonyl (C=O) groups excluding carboxylic acids is 1. The van der Waals surface area contributed by atoms with Crippen molar-refractivity contribution in [3.05, 3.63) is 35.7 Å². The number of hydrogen-bond acceptors (Lipinski definition) is 6. The quantitative estimate of drug-likeness (QED) is 0.641. The third kappa shape index (κ3) is 3.87. The number of piperidine rings is 1. The first kappa shape index (κ1) is 20.2. The summed E-state index contributed by atoms with van der Waals surface area (Å²) in [5.41, 5.74) is 2.22. The number of amides is 1. The molecule has 1 saturated heterocycles. The summed E-state index contributed by atoms with van der Waals surface area (Å²) in [5, 5.41) is 7.99. The predicted molar refractivity (Wildman–Crippen MR) is 118 cm³/mol. The number of furan rings is 1. The number of fused-ring (bicyclic) bond motifs is 1. The molecule has 2 fully saturated rings. The lowest BCUT2D eigenvalue weighted by atomic mass is 9.79. The molecule has 3 aromatic heterocycles. The van der Waals surface area contributed by atoms with Gasteiger partial charge in [0.25, 0.3) is 11.6 Å². The van der Waals surface area contributed by atoms with Gasteiger partial charge < -0.3 is 14.3 Å². The molecule has 0 radical (unpaired) electrons. The second-order valence-corrected chi connectivity index (χ2v) is 9.00. The van der Waals surface area contributed by atoms with Crippen molar-refractivity contribution in [1.82, 2.24) is 20.4 Å². The van der Waals surface area contributed by atoms with Crippen LogP contribution in [0.3, 0.4) is 0 Å². The van der Waals surface area contributed by atoms with Crippen LogP contribution in [0.1, 0.15) is 67.4 Å². The van der Waals surface area contributed by atoms with Gasteiger partial charge in [0, 0.05) is 12.1 Å². The molecule has 2 aliphatic rings. The normalized spacial score (nSPS) is 19.5. The van der Waals surface area contributed by atoms with Crippen molar-refractivity contribution in [3.8, 4) is 11.5 Å². The first-order valence-corrected chi connectivity index (χ1v) is 11.5. The van der Waals surface area contributed by atoms with E-state index in [1.165, 1.54) is 38.5 Å². The second kappa shape index (κ2) is 8.46. The maximum atomic E-state index is 13.4. The van der Waals surface area contributed by atoms with Gasteiger partial charge in [0.1, 0.15) is 5.69 Å². The number of nitrogens with one attached hydrogen (secondary N) is 1. The Morgan fingerprint density at radius 2 is 1.94 bits per heavy atom. The summed E-state index contributed by atoms with van der Waals surface area (Å²) >= 11 is 0. The lowest BCUT2D eigenvalue weighted by Gasteiger charge is -2.48. The molecular weight excluding hydrogens is 392 g/mol. The van der Waals surface area contributed by atoms with E-state index in [9.17, 15) is 4.79 Å². The fraction of sp³-hybridized carbons (Fsp3) is 0.542. The van der Waals surface area contributed by atoms with Gasteiger partial charge >= 0.3 is 0 Å². The highest BCUT2D eigenvalue weighted by molar-refractivity contribution is 6.06. The van der Waals surface area contributed by atoms with Crippen molar-refractivity contribution in [2.24, 2.45) is 0 Å². The number of carbonyl (C=O) groups is 1. The molecule has 0 unspecified atom stereocenters. The molecule has 1 aliphatic carbocycles. The van der Waals surface area contributed by atoms with Gasteiger partial charge in [-0.05, 0) is 63.9 Å². The molecule has 164 valence electrons. The van der Waals surface area contributed by atoms with Gasteiger partial charge in [-0.25, -0.2) is 4.98 Å². The van der Waals surface area contributed by atoms with Gasteiger partial charge in [0.2, 0.25) is 0 Å². The Morgan fingerprint density at radius 1 is 1.16 bits per heavy atom. The lowest BCUT2D eigenvalue weighted by Crippen LogP contribution is -2.58. The maximum Gasteiger partial charge on any atom is 0.259 e. The van der Waals surface area contributed by atoms with Crippen LogP contribution in [0.5, 0.6) is 0 Å². The predicted octanol–water partition coefficient (Wildman–Crippen LogP) is 4.71. The topological polar surface area (TPSA) is 84.4 Å². The van der Waals surface area contributed by atoms with Crippen molar-refractivity contribution < 1.29 is 13.7 Å². The number of aromatic nitrogens is 2. The van der Waals surface area contributed by atoms with Crippen molar-refractivity contribution >= 4 is 17.0 Å². The van der Waals surface area contributed by atoms with E-state index < -0.39 is 0 Å². The number of likely N-dealkylation sites (tertiary alicyclic amines) is 1. The largest absolute Gasteiger partial charge is 0.463 e. The molecule has 1 saturated carbocycles. The Kier molecular flexibility index (Phi) is 5.52. The summed E-state index contributed by atoms with van der Waals surface area (Å²) < 4.78 is 10.9. The monoisotopic (exact) mass is 422 g/mol. The summed E-state index contributed by atoms with van der Waals surface area (Å²) in [5.74, 6) is 0.496. The van der Waals surface area contributed by atoms with Crippen molar-refractivity contribution in [1.29, 1.82) is 0 Å². The van der Waals surface area contributed by atoms with E-state index in [1.54, 1.807) is 18.4 Å². The van der Waals surface area contributed by atoms with Crippen LogP contribution in [0.25, 0.3) is 22.6 Å². The summed E-state index contributed by atoms with van der Waals surface area (Å²) in [6.07, 6.45) is 11.5. The van der Waals surface area contributed by atoms with Crippen LogP contribution in [0.4, 0.5) is 0 Å². The first-order chi connectivity index (χ1) is 15.2. The van der Waals surface area contributed by atoms with E-state index in [0.29, 0.717) is 40.4 Å². The van der Waals surface area contributed by atoms with Crippen molar-refractivity contribution in [2.75, 3.05) is 19.6 Å². The minimum absolute atomic E-state index is 0.0774. The van der Waals surface area contributed by atoms with Gasteiger partial charge in [-0.1, -0.05) is 30.8 Å². The highest BCUT2D eigenvalue weighted by atomic mass is 16.5. The van der Waals surface area contributed by atoms with Crippen LogP contribution in [0.15, 0.2) is 33.4 Å². The van der Waals surface area contributed by atoms with Gasteiger partial charge in [0.15, 0.2) is 5.76 Å². The fourth-order valence-corrected chi connectivity index (χ4v) is 5.35. The van der Waals surface area contributed by atoms with E-state index in [0.717, 1.165) is 25.9 Å². The first-order valence-electron chi connectivity index (χ1n) is 11.5. The van der Waals surface area contributed by atoms with Gasteiger partial charge in [0.05, 0.1) is 22.9 Å². The van der Waals surface area contributed by atoms with Gasteiger partial charge in [-0.2, -0.15) is 0 Å². The Balaban J connectivity index is 1.43. The molecule has 5 rings (SSSR count). The molecule has 3 aromatic rings. The van der Waals surface area contributed by atoms with Crippen molar-refractivity contribution in [3.63, 3.8) is 0 Å². The molecule has 0 bridgehead atoms. The van der Waals surface area contributed by atoms with Gasteiger partial charge in [-0.15, -0.1) is 0 Å². The van der Waals surface area contributed by atoms with Crippen LogP contribution in [-0.2, 0) is 0 Å². The van der Waals surface area contributed by atoms with E-state index in [2.05, 4.69) is 20.4 Å². The minimum Gasteiger partial charge on any atom is -0.463 e. The van der Waals surface area contributed by atoms with Crippen LogP contribution < -0.4 is 5.32 Å². The zero-order valence-corrected chi connectivity index (χ0v) is 18.2. The fourth-order valence-electron chi connectivity index (χ4n) is 5.35. The molecule has 1 N–H and O–H groups in total. The third-order valence-electron chi connectivity index (χ3n) is 7.02. The lowest BCUT2D eigenvalue weighted by molar-refractivity contribution is 0.0327. The smallest absolute Gasteiger partial charge is 0.259 e. The Morgan fingerprint density at radius 3 is 2.68 bits per heavy atom. The SMILES string of the molecule is Cc1noc2nc(-c3ccco3)cc(C(=O)NCC3(N4CCCCC4)CCCCC3)c12. The summed E-state index contributed by atoms with van der Waals surface area (Å²) in [6, 6.07) is 5.42. The van der Waals surface area contributed by atoms with Crippen molar-refractivity contribution in [2.45, 2.75) is 63.8 Å². The van der Waals surface area contributed by atoms with Crippen LogP contribution in [-0.4, -0.2) is 46.1 Å². The van der Waals surface area contributed by atoms with E-state index in [1.807, 2.05) is 13.0 Å². The summed E-state index contributed by atoms with van der Waals surface area (Å²) in [7, 11) is 0. The summed E-state index contributed by atoms with van der Waals surface area (Å²) in [4.78, 5) is 20.6. The second-order valence-electron chi connectivity index (χ2n) is 9.00. The van der Waals surface area contributed by atoms with E-state index in [-0.39, 0.29) is 11.4 Å². The molecule has 31 heavy (non-hydrogen) atoms. The Labute approximate surface area is 182 Å². The van der Waals surface area contributed by atoms with E-state index in [4.69, 9.17) is 8.94 Å².